The van der Waals surface area contributed by atoms with Crippen LogP contribution < -0.4 is 0 Å². The Morgan fingerprint density at radius 1 is 1.21 bits per heavy atom. The first kappa shape index (κ1) is 11.9. The zero-order valence-electron chi connectivity index (χ0n) is 10.7. The molecule has 0 bridgehead atoms. The molecule has 0 fully saturated rings. The Labute approximate surface area is 115 Å². The molecule has 0 saturated carbocycles. The molecule has 0 spiro atoms. The lowest BCUT2D eigenvalue weighted by molar-refractivity contribution is 0.433. The third-order valence-electron chi connectivity index (χ3n) is 2.80. The third-order valence-corrected chi connectivity index (χ3v) is 3.62. The second-order valence-corrected chi connectivity index (χ2v) is 5.28. The minimum absolute atomic E-state index is 0.114. The molecule has 19 heavy (non-hydrogen) atoms. The molecule has 0 saturated heterocycles. The van der Waals surface area contributed by atoms with Gasteiger partial charge >= 0.3 is 0 Å². The van der Waals surface area contributed by atoms with Crippen LogP contribution in [0.25, 0.3) is 16.4 Å². The molecule has 0 atom stereocenters. The van der Waals surface area contributed by atoms with Crippen molar-refractivity contribution < 1.29 is 5.11 Å². The van der Waals surface area contributed by atoms with Gasteiger partial charge < -0.3 is 5.11 Å². The Bertz CT molecular complexity index is 730. The van der Waals surface area contributed by atoms with E-state index in [-0.39, 0.29) is 5.88 Å². The molecule has 5 heteroatoms. The maximum atomic E-state index is 9.78. The van der Waals surface area contributed by atoms with Crippen molar-refractivity contribution in [2.75, 3.05) is 0 Å². The van der Waals surface area contributed by atoms with Crippen molar-refractivity contribution in [2.45, 2.75) is 13.8 Å². The van der Waals surface area contributed by atoms with E-state index in [1.54, 1.807) is 6.07 Å². The molecule has 0 aliphatic heterocycles. The van der Waals surface area contributed by atoms with Crippen molar-refractivity contribution >= 4 is 11.3 Å². The zero-order chi connectivity index (χ0) is 13.4. The normalized spacial score (nSPS) is 10.8. The first-order valence-electron chi connectivity index (χ1n) is 5.92. The smallest absolute Gasteiger partial charge is 0.216 e. The highest BCUT2D eigenvalue weighted by molar-refractivity contribution is 7.12. The quantitative estimate of drug-likeness (QED) is 0.778. The van der Waals surface area contributed by atoms with Gasteiger partial charge in [-0.15, -0.1) is 11.3 Å². The van der Waals surface area contributed by atoms with E-state index in [0.717, 1.165) is 17.0 Å². The largest absolute Gasteiger partial charge is 0.493 e. The molecule has 0 aliphatic carbocycles. The standard InChI is InChI=1S/C14H13N3OS/c1-9-4-3-5-11(6-9)12-8-19-14(15-12)17-13(18)7-10(2)16-17/h3-8,18H,1-2H3. The van der Waals surface area contributed by atoms with E-state index in [0.29, 0.717) is 5.13 Å². The van der Waals surface area contributed by atoms with Gasteiger partial charge in [-0.25, -0.2) is 4.98 Å². The van der Waals surface area contributed by atoms with E-state index in [1.165, 1.54) is 21.6 Å². The first-order chi connectivity index (χ1) is 9.13. The number of benzene rings is 1. The lowest BCUT2D eigenvalue weighted by Crippen LogP contribution is -1.95. The maximum Gasteiger partial charge on any atom is 0.216 e. The van der Waals surface area contributed by atoms with Crippen LogP contribution in [-0.4, -0.2) is 19.9 Å². The second kappa shape index (κ2) is 4.51. The molecule has 0 amide bonds. The maximum absolute atomic E-state index is 9.78. The van der Waals surface area contributed by atoms with Gasteiger partial charge in [-0.2, -0.15) is 9.78 Å². The number of aryl methyl sites for hydroxylation is 2. The van der Waals surface area contributed by atoms with Crippen LogP contribution in [0.1, 0.15) is 11.3 Å². The van der Waals surface area contributed by atoms with Gasteiger partial charge in [0.05, 0.1) is 11.4 Å². The molecule has 4 nitrogen and oxygen atoms in total. The monoisotopic (exact) mass is 271 g/mol. The van der Waals surface area contributed by atoms with Crippen molar-refractivity contribution in [3.63, 3.8) is 0 Å². The molecule has 2 aromatic heterocycles. The summed E-state index contributed by atoms with van der Waals surface area (Å²) >= 11 is 1.46. The summed E-state index contributed by atoms with van der Waals surface area (Å²) in [6, 6.07) is 9.81. The minimum atomic E-state index is 0.114. The second-order valence-electron chi connectivity index (χ2n) is 4.44. The molecule has 1 aromatic carbocycles. The summed E-state index contributed by atoms with van der Waals surface area (Å²) in [5.41, 5.74) is 3.94. The first-order valence-corrected chi connectivity index (χ1v) is 6.80. The van der Waals surface area contributed by atoms with Gasteiger partial charge in [-0.3, -0.25) is 0 Å². The number of aromatic nitrogens is 3. The highest BCUT2D eigenvalue weighted by Gasteiger charge is 2.11. The summed E-state index contributed by atoms with van der Waals surface area (Å²) in [5.74, 6) is 0.114. The Balaban J connectivity index is 2.02. The average Bonchev–Trinajstić information content (AvgIpc) is 2.96. The number of hydrogen-bond acceptors (Lipinski definition) is 4. The highest BCUT2D eigenvalue weighted by Crippen LogP contribution is 2.26. The Morgan fingerprint density at radius 2 is 2.05 bits per heavy atom. The zero-order valence-corrected chi connectivity index (χ0v) is 11.5. The van der Waals surface area contributed by atoms with Crippen LogP contribution in [0.15, 0.2) is 35.7 Å². The van der Waals surface area contributed by atoms with Crippen LogP contribution in [0.4, 0.5) is 0 Å². The van der Waals surface area contributed by atoms with E-state index in [1.807, 2.05) is 24.4 Å². The molecule has 3 aromatic rings. The fourth-order valence-electron chi connectivity index (χ4n) is 1.93. The van der Waals surface area contributed by atoms with Crippen LogP contribution in [-0.2, 0) is 0 Å². The number of hydrogen-bond donors (Lipinski definition) is 1. The fraction of sp³-hybridized carbons (Fsp3) is 0.143. The molecule has 0 aliphatic rings. The summed E-state index contributed by atoms with van der Waals surface area (Å²) in [7, 11) is 0. The van der Waals surface area contributed by atoms with Gasteiger partial charge in [0.25, 0.3) is 0 Å². The van der Waals surface area contributed by atoms with Gasteiger partial charge in [0, 0.05) is 17.0 Å². The summed E-state index contributed by atoms with van der Waals surface area (Å²) in [6.45, 7) is 3.89. The van der Waals surface area contributed by atoms with Crippen molar-refractivity contribution in [3.05, 3.63) is 47.0 Å². The average molecular weight is 271 g/mol. The van der Waals surface area contributed by atoms with Crippen molar-refractivity contribution in [1.29, 1.82) is 0 Å². The van der Waals surface area contributed by atoms with Gasteiger partial charge in [-0.05, 0) is 19.9 Å². The topological polar surface area (TPSA) is 50.9 Å². The molecular formula is C14H13N3OS. The van der Waals surface area contributed by atoms with E-state index in [2.05, 4.69) is 29.1 Å². The molecule has 2 heterocycles. The molecule has 0 radical (unpaired) electrons. The predicted molar refractivity (Wildman–Crippen MR) is 75.8 cm³/mol. The third kappa shape index (κ3) is 2.24. The van der Waals surface area contributed by atoms with E-state index in [9.17, 15) is 5.11 Å². The molecule has 1 N–H and O–H groups in total. The minimum Gasteiger partial charge on any atom is -0.493 e. The number of thiazole rings is 1. The van der Waals surface area contributed by atoms with Crippen molar-refractivity contribution in [1.82, 2.24) is 14.8 Å². The van der Waals surface area contributed by atoms with Crippen LogP contribution in [0.3, 0.4) is 0 Å². The van der Waals surface area contributed by atoms with Crippen LogP contribution >= 0.6 is 11.3 Å². The summed E-state index contributed by atoms with van der Waals surface area (Å²) < 4.78 is 1.46. The highest BCUT2D eigenvalue weighted by atomic mass is 32.1. The Kier molecular flexibility index (Phi) is 2.83. The summed E-state index contributed by atoms with van der Waals surface area (Å²) in [5, 5.41) is 16.6. The Hall–Kier alpha value is -2.14. The van der Waals surface area contributed by atoms with Crippen LogP contribution in [0, 0.1) is 13.8 Å². The lowest BCUT2D eigenvalue weighted by atomic mass is 10.1. The van der Waals surface area contributed by atoms with Gasteiger partial charge in [0.15, 0.2) is 0 Å². The van der Waals surface area contributed by atoms with E-state index in [4.69, 9.17) is 0 Å². The van der Waals surface area contributed by atoms with Gasteiger partial charge in [0.1, 0.15) is 0 Å². The Morgan fingerprint density at radius 3 is 2.74 bits per heavy atom. The lowest BCUT2D eigenvalue weighted by Gasteiger charge is -1.98. The molecule has 3 rings (SSSR count). The summed E-state index contributed by atoms with van der Waals surface area (Å²) in [4.78, 5) is 4.53. The SMILES string of the molecule is Cc1cccc(-c2csc(-n3nc(C)cc3O)n2)c1. The van der Waals surface area contributed by atoms with Crippen molar-refractivity contribution in [2.24, 2.45) is 0 Å². The van der Waals surface area contributed by atoms with Crippen LogP contribution in [0.5, 0.6) is 5.88 Å². The molecular weight excluding hydrogens is 258 g/mol. The van der Waals surface area contributed by atoms with Gasteiger partial charge in [0.2, 0.25) is 11.0 Å². The summed E-state index contributed by atoms with van der Waals surface area (Å²) in [6.07, 6.45) is 0. The van der Waals surface area contributed by atoms with Crippen molar-refractivity contribution in [3.8, 4) is 22.3 Å². The number of rotatable bonds is 2. The van der Waals surface area contributed by atoms with Crippen LogP contribution in [0.2, 0.25) is 0 Å². The molecule has 0 unspecified atom stereocenters. The number of aromatic hydroxyl groups is 1. The van der Waals surface area contributed by atoms with Gasteiger partial charge in [-0.1, -0.05) is 23.8 Å². The van der Waals surface area contributed by atoms with E-state index >= 15 is 0 Å². The van der Waals surface area contributed by atoms with E-state index < -0.39 is 0 Å². The fourth-order valence-corrected chi connectivity index (χ4v) is 2.72. The molecule has 96 valence electrons. The number of nitrogens with zero attached hydrogens (tertiary/aromatic N) is 3. The predicted octanol–water partition coefficient (Wildman–Crippen LogP) is 3.32.